The van der Waals surface area contributed by atoms with Crippen LogP contribution in [0.15, 0.2) is 72.8 Å². The summed E-state index contributed by atoms with van der Waals surface area (Å²) in [5.74, 6) is 1.39. The molecule has 0 aliphatic carbocycles. The molecular weight excluding hydrogens is 288 g/mol. The van der Waals surface area contributed by atoms with Gasteiger partial charge in [-0.05, 0) is 60.0 Å². The predicted molar refractivity (Wildman–Crippen MR) is 89.9 cm³/mol. The van der Waals surface area contributed by atoms with E-state index in [0.29, 0.717) is 17.2 Å². The van der Waals surface area contributed by atoms with E-state index >= 15 is 0 Å². The second-order valence-electron chi connectivity index (χ2n) is 5.70. The van der Waals surface area contributed by atoms with Crippen LogP contribution in [-0.4, -0.2) is 19.6 Å². The van der Waals surface area contributed by atoms with Crippen LogP contribution in [0.25, 0.3) is 0 Å². The second-order valence-corrected chi connectivity index (χ2v) is 5.70. The molecule has 3 N–H and O–H groups in total. The Bertz CT molecular complexity index is 731. The molecule has 0 aromatic heterocycles. The summed E-state index contributed by atoms with van der Waals surface area (Å²) in [6, 6.07) is 22.1. The van der Waals surface area contributed by atoms with Gasteiger partial charge in [-0.2, -0.15) is 0 Å². The molecule has 3 aromatic carbocycles. The maximum Gasteiger partial charge on any atom is 0.293 e. The maximum absolute atomic E-state index is 7.02. The van der Waals surface area contributed by atoms with Gasteiger partial charge in [-0.15, -0.1) is 0 Å². The molecule has 0 fully saturated rings. The molecule has 0 heterocycles. The van der Waals surface area contributed by atoms with Gasteiger partial charge in [-0.3, -0.25) is 0 Å². The number of phenolic OH excluding ortho intramolecular Hbond substituents is 3. The van der Waals surface area contributed by atoms with Crippen LogP contribution in [0.3, 0.4) is 0 Å². The van der Waals surface area contributed by atoms with Gasteiger partial charge in [0, 0.05) is 5.41 Å². The zero-order valence-electron chi connectivity index (χ0n) is 15.7. The molecule has 0 amide bonds. The third kappa shape index (κ3) is 2.73. The molecule has 0 spiro atoms. The fraction of sp³-hybridized carbons (Fsp3) is 0.100. The molecule has 0 aliphatic rings. The largest absolute Gasteiger partial charge is 0.508 e. The third-order valence-electron chi connectivity index (χ3n) is 4.29. The Morgan fingerprint density at radius 2 is 0.826 bits per heavy atom. The van der Waals surface area contributed by atoms with Gasteiger partial charge in [-0.1, -0.05) is 36.4 Å². The molecule has 0 atom stereocenters. The van der Waals surface area contributed by atoms with Crippen molar-refractivity contribution < 1.29 is 15.3 Å². The molecular formula is C20H18O3. The van der Waals surface area contributed by atoms with Gasteiger partial charge in [0.2, 0.25) is 0 Å². The first-order valence-electron chi connectivity index (χ1n) is 8.55. The number of hydrogen-bond donors (Lipinski definition) is 3. The molecule has 3 heteroatoms. The number of rotatable bonds is 6. The lowest BCUT2D eigenvalue weighted by Crippen LogP contribution is -2.25. The number of phenols is 3. The highest BCUT2D eigenvalue weighted by atomic mass is 16.3. The molecule has 0 saturated carbocycles. The zero-order valence-corrected chi connectivity index (χ0v) is 12.7. The summed E-state index contributed by atoms with van der Waals surface area (Å²) in [5, 5.41) is 13.6. The molecule has 3 rings (SSSR count). The first kappa shape index (κ1) is 11.6. The highest BCUT2D eigenvalue weighted by Crippen LogP contribution is 2.40. The van der Waals surface area contributed by atoms with E-state index in [1.165, 1.54) is 0 Å². The number of hydrogen-bond acceptors (Lipinski definition) is 3. The molecule has 116 valence electrons. The molecule has 3 aromatic rings. The van der Waals surface area contributed by atoms with Crippen molar-refractivity contribution in [1.82, 2.24) is 0 Å². The van der Waals surface area contributed by atoms with Crippen molar-refractivity contribution in [3.63, 3.8) is 0 Å². The Morgan fingerprint density at radius 3 is 1.04 bits per heavy atom. The summed E-state index contributed by atoms with van der Waals surface area (Å²) >= 11 is 0. The molecule has 0 unspecified atom stereocenters. The van der Waals surface area contributed by atoms with E-state index in [0.717, 1.165) is 16.7 Å². The molecule has 3 nitrogen and oxygen atoms in total. The van der Waals surface area contributed by atoms with Gasteiger partial charge in [0.1, 0.15) is 17.2 Å². The van der Waals surface area contributed by atoms with E-state index < -0.39 is 5.41 Å². The molecule has 0 saturated heterocycles. The van der Waals surface area contributed by atoms with Crippen molar-refractivity contribution in [2.45, 2.75) is 12.3 Å². The Kier molecular flexibility index (Phi) is 2.87. The van der Waals surface area contributed by atoms with Crippen LogP contribution < -0.4 is 0 Å². The average molecular weight is 309 g/mol. The molecule has 0 bridgehead atoms. The van der Waals surface area contributed by atoms with Crippen molar-refractivity contribution in [3.05, 3.63) is 89.5 Å². The highest BCUT2D eigenvalue weighted by Gasteiger charge is 2.31. The van der Waals surface area contributed by atoms with Crippen LogP contribution in [0.1, 0.15) is 23.6 Å². The number of benzene rings is 3. The SMILES string of the molecule is [2H]Oc1ccc(C(C)(c2ccc(O[2H])cc2)c2ccc(O[2H])cc2)cc1. The van der Waals surface area contributed by atoms with Gasteiger partial charge >= 0.3 is 0 Å². The monoisotopic (exact) mass is 309 g/mol. The third-order valence-corrected chi connectivity index (χ3v) is 4.29. The van der Waals surface area contributed by atoms with Crippen molar-refractivity contribution in [1.29, 1.82) is 4.29 Å². The average Bonchev–Trinajstić information content (AvgIpc) is 2.73. The summed E-state index contributed by atoms with van der Waals surface area (Å²) < 4.78 is 21.1. The van der Waals surface area contributed by atoms with Gasteiger partial charge < -0.3 is 15.3 Å². The summed E-state index contributed by atoms with van der Waals surface area (Å²) in [5.41, 5.74) is 2.54. The van der Waals surface area contributed by atoms with E-state index in [4.69, 9.17) is 4.29 Å². The summed E-state index contributed by atoms with van der Waals surface area (Å²) in [7, 11) is 0. The van der Waals surface area contributed by atoms with Crippen LogP contribution in [0.4, 0.5) is 0 Å². The second kappa shape index (κ2) is 5.69. The van der Waals surface area contributed by atoms with Crippen LogP contribution in [-0.2, 0) is 5.41 Å². The van der Waals surface area contributed by atoms with Crippen LogP contribution in [0.5, 0.6) is 17.2 Å². The van der Waals surface area contributed by atoms with Gasteiger partial charge in [0.15, 0.2) is 0 Å². The van der Waals surface area contributed by atoms with Crippen molar-refractivity contribution in [3.8, 4) is 17.2 Å². The Labute approximate surface area is 139 Å². The minimum atomic E-state index is -0.498. The lowest BCUT2D eigenvalue weighted by molar-refractivity contribution is 0.474. The van der Waals surface area contributed by atoms with E-state index in [-0.39, 0.29) is 0 Å². The van der Waals surface area contributed by atoms with Crippen molar-refractivity contribution in [2.24, 2.45) is 0 Å². The standard InChI is InChI=1S/C20H18O3/c1-20(14-2-8-17(21)9-3-14,15-4-10-18(22)11-5-15)16-6-12-19(23)13-7-16/h2-13,21-23H,1H3/i/hD3. The lowest BCUT2D eigenvalue weighted by Gasteiger charge is -2.32. The Hall–Kier alpha value is -2.94. The van der Waals surface area contributed by atoms with E-state index in [1.807, 2.05) is 36.4 Å². The van der Waals surface area contributed by atoms with Crippen molar-refractivity contribution >= 4 is 0 Å². The Balaban J connectivity index is 2.15. The van der Waals surface area contributed by atoms with Gasteiger partial charge in [0.05, 0.1) is 0 Å². The van der Waals surface area contributed by atoms with E-state index in [1.54, 1.807) is 36.4 Å². The Morgan fingerprint density at radius 1 is 0.565 bits per heavy atom. The zero-order chi connectivity index (χ0) is 18.6. The van der Waals surface area contributed by atoms with E-state index in [2.05, 4.69) is 22.3 Å². The fourth-order valence-electron chi connectivity index (χ4n) is 2.86. The van der Waals surface area contributed by atoms with Gasteiger partial charge in [0.25, 0.3) is 4.29 Å². The quantitative estimate of drug-likeness (QED) is 0.599. The molecule has 0 radical (unpaired) electrons. The highest BCUT2D eigenvalue weighted by molar-refractivity contribution is 5.51. The number of aromatic hydroxyl groups is 3. The van der Waals surface area contributed by atoms with Crippen LogP contribution in [0, 0.1) is 0 Å². The predicted octanol–water partition coefficient (Wildman–Crippen LogP) is 4.16. The van der Waals surface area contributed by atoms with Crippen LogP contribution >= 0.6 is 0 Å². The summed E-state index contributed by atoms with van der Waals surface area (Å²) in [6.45, 7) is 2.09. The first-order valence-corrected chi connectivity index (χ1v) is 7.33. The topological polar surface area (TPSA) is 60.7 Å². The minimum Gasteiger partial charge on any atom is -0.508 e. The van der Waals surface area contributed by atoms with Crippen LogP contribution in [0.2, 0.25) is 0 Å². The first-order chi connectivity index (χ1) is 12.6. The molecule has 23 heavy (non-hydrogen) atoms. The summed E-state index contributed by atoms with van der Waals surface area (Å²) in [4.78, 5) is 0. The summed E-state index contributed by atoms with van der Waals surface area (Å²) in [6.07, 6.45) is 0. The maximum atomic E-state index is 7.02. The molecule has 0 aliphatic heterocycles. The fourth-order valence-corrected chi connectivity index (χ4v) is 2.86. The minimum absolute atomic E-state index is 0.465. The normalized spacial score (nSPS) is 12.7. The van der Waals surface area contributed by atoms with Crippen molar-refractivity contribution in [2.75, 3.05) is 0 Å². The smallest absolute Gasteiger partial charge is 0.293 e. The van der Waals surface area contributed by atoms with E-state index in [9.17, 15) is 0 Å². The van der Waals surface area contributed by atoms with Gasteiger partial charge in [-0.25, -0.2) is 0 Å². The lowest BCUT2D eigenvalue weighted by atomic mass is 9.71.